The molecule has 148 valence electrons. The third-order valence-electron chi connectivity index (χ3n) is 4.81. The van der Waals surface area contributed by atoms with Crippen molar-refractivity contribution in [1.82, 2.24) is 4.90 Å². The molecule has 1 aromatic heterocycles. The molecule has 6 heteroatoms. The van der Waals surface area contributed by atoms with E-state index in [9.17, 15) is 9.59 Å². The molecule has 0 N–H and O–H groups in total. The molecule has 0 unspecified atom stereocenters. The van der Waals surface area contributed by atoms with Gasteiger partial charge >= 0.3 is 5.97 Å². The summed E-state index contributed by atoms with van der Waals surface area (Å²) in [5, 5.41) is 0. The summed E-state index contributed by atoms with van der Waals surface area (Å²) in [6.45, 7) is 1.88. The maximum Gasteiger partial charge on any atom is 0.376 e. The van der Waals surface area contributed by atoms with Gasteiger partial charge in [0.2, 0.25) is 11.9 Å². The molecule has 1 saturated heterocycles. The Balaban J connectivity index is 1.61. The van der Waals surface area contributed by atoms with Crippen molar-refractivity contribution in [3.05, 3.63) is 84.3 Å². The van der Waals surface area contributed by atoms with Gasteiger partial charge in [0.25, 0.3) is 5.91 Å². The van der Waals surface area contributed by atoms with Crippen LogP contribution in [0.2, 0.25) is 0 Å². The number of morpholine rings is 1. The Morgan fingerprint density at radius 2 is 1.55 bits per heavy atom. The van der Waals surface area contributed by atoms with Gasteiger partial charge in [0, 0.05) is 24.2 Å². The fraction of sp³-hybridized carbons (Fsp3) is 0.217. The molecular weight excluding hydrogens is 370 g/mol. The molecule has 2 heterocycles. The van der Waals surface area contributed by atoms with Gasteiger partial charge in [-0.2, -0.15) is 0 Å². The van der Waals surface area contributed by atoms with Crippen LogP contribution in [0.25, 0.3) is 11.1 Å². The van der Waals surface area contributed by atoms with Crippen molar-refractivity contribution >= 4 is 11.9 Å². The van der Waals surface area contributed by atoms with Crippen LogP contribution in [0, 0.1) is 0 Å². The molecule has 1 atom stereocenters. The Morgan fingerprint density at radius 1 is 0.897 bits per heavy atom. The monoisotopic (exact) mass is 391 g/mol. The van der Waals surface area contributed by atoms with E-state index in [0.717, 1.165) is 5.56 Å². The van der Waals surface area contributed by atoms with Crippen molar-refractivity contribution < 1.29 is 23.5 Å². The van der Waals surface area contributed by atoms with Crippen LogP contribution >= 0.6 is 0 Å². The van der Waals surface area contributed by atoms with E-state index in [4.69, 9.17) is 13.9 Å². The Labute approximate surface area is 168 Å². The van der Waals surface area contributed by atoms with Gasteiger partial charge in [-0.1, -0.05) is 60.7 Å². The topological polar surface area (TPSA) is 69.0 Å². The third-order valence-corrected chi connectivity index (χ3v) is 4.81. The summed E-state index contributed by atoms with van der Waals surface area (Å²) in [6.07, 6.45) is 0.399. The third kappa shape index (κ3) is 4.22. The van der Waals surface area contributed by atoms with Crippen LogP contribution in [0.1, 0.15) is 22.2 Å². The van der Waals surface area contributed by atoms with E-state index in [0.29, 0.717) is 37.4 Å². The van der Waals surface area contributed by atoms with Gasteiger partial charge in [-0.25, -0.2) is 4.79 Å². The highest BCUT2D eigenvalue weighted by atomic mass is 16.6. The zero-order chi connectivity index (χ0) is 20.1. The number of carbonyl (C=O) groups excluding carboxylic acids is 2. The molecule has 1 aliphatic heterocycles. The first kappa shape index (κ1) is 19.0. The fourth-order valence-electron chi connectivity index (χ4n) is 3.31. The van der Waals surface area contributed by atoms with Crippen molar-refractivity contribution in [2.24, 2.45) is 0 Å². The molecule has 0 bridgehead atoms. The van der Waals surface area contributed by atoms with E-state index in [1.165, 1.54) is 6.26 Å². The van der Waals surface area contributed by atoms with Gasteiger partial charge in [-0.05, 0) is 11.6 Å². The minimum absolute atomic E-state index is 0.0758. The van der Waals surface area contributed by atoms with E-state index in [1.807, 2.05) is 48.5 Å². The number of carbonyl (C=O) groups is 2. The molecule has 1 aliphatic rings. The summed E-state index contributed by atoms with van der Waals surface area (Å²) in [6, 6.07) is 20.2. The van der Waals surface area contributed by atoms with Crippen LogP contribution in [-0.4, -0.2) is 43.1 Å². The first-order chi connectivity index (χ1) is 14.2. The minimum Gasteiger partial charge on any atom is -0.457 e. The Bertz CT molecular complexity index is 961. The van der Waals surface area contributed by atoms with E-state index in [-0.39, 0.29) is 11.7 Å². The molecule has 0 saturated carbocycles. The second-order valence-corrected chi connectivity index (χ2v) is 6.66. The lowest BCUT2D eigenvalue weighted by Crippen LogP contribution is -2.44. The maximum absolute atomic E-state index is 13.1. The first-order valence-electron chi connectivity index (χ1n) is 9.49. The van der Waals surface area contributed by atoms with Crippen molar-refractivity contribution in [1.29, 1.82) is 0 Å². The molecule has 0 spiro atoms. The molecule has 4 rings (SSSR count). The van der Waals surface area contributed by atoms with Gasteiger partial charge in [-0.15, -0.1) is 0 Å². The zero-order valence-electron chi connectivity index (χ0n) is 15.8. The first-order valence-corrected chi connectivity index (χ1v) is 9.49. The Morgan fingerprint density at radius 3 is 2.24 bits per heavy atom. The largest absolute Gasteiger partial charge is 0.457 e. The molecular formula is C23H21NO5. The number of ether oxygens (including phenoxy) is 2. The predicted octanol–water partition coefficient (Wildman–Crippen LogP) is 3.70. The predicted molar refractivity (Wildman–Crippen MR) is 106 cm³/mol. The Hall–Kier alpha value is -3.38. The van der Waals surface area contributed by atoms with Gasteiger partial charge in [0.1, 0.15) is 0 Å². The summed E-state index contributed by atoms with van der Waals surface area (Å²) in [7, 11) is 0. The van der Waals surface area contributed by atoms with Crippen LogP contribution < -0.4 is 0 Å². The van der Waals surface area contributed by atoms with Crippen LogP contribution in [0.15, 0.2) is 77.4 Å². The number of amides is 1. The van der Waals surface area contributed by atoms with Crippen molar-refractivity contribution in [2.45, 2.75) is 6.10 Å². The molecule has 29 heavy (non-hydrogen) atoms. The van der Waals surface area contributed by atoms with Crippen LogP contribution in [0.4, 0.5) is 0 Å². The number of rotatable bonds is 5. The van der Waals surface area contributed by atoms with Crippen LogP contribution in [0.3, 0.4) is 0 Å². The Kier molecular flexibility index (Phi) is 5.72. The maximum atomic E-state index is 13.1. The number of hydrogen-bond acceptors (Lipinski definition) is 5. The number of furan rings is 1. The highest BCUT2D eigenvalue weighted by molar-refractivity contribution is 5.96. The molecule has 6 nitrogen and oxygen atoms in total. The summed E-state index contributed by atoms with van der Waals surface area (Å²) < 4.78 is 16.4. The average Bonchev–Trinajstić information content (AvgIpc) is 3.29. The summed E-state index contributed by atoms with van der Waals surface area (Å²) in [5.74, 6) is -0.864. The van der Waals surface area contributed by atoms with E-state index in [1.54, 1.807) is 23.1 Å². The quantitative estimate of drug-likeness (QED) is 0.621. The second-order valence-electron chi connectivity index (χ2n) is 6.66. The summed E-state index contributed by atoms with van der Waals surface area (Å²) >= 11 is 0. The SMILES string of the molecule is O=C(O[C@H](C(=O)N1CCOCC1)c1ccccc1)c1occc1-c1ccccc1. The normalized spacial score (nSPS) is 15.0. The number of nitrogens with zero attached hydrogens (tertiary/aromatic N) is 1. The van der Waals surface area contributed by atoms with Gasteiger partial charge in [0.15, 0.2) is 0 Å². The zero-order valence-corrected chi connectivity index (χ0v) is 15.8. The van der Waals surface area contributed by atoms with Crippen molar-refractivity contribution in [3.8, 4) is 11.1 Å². The van der Waals surface area contributed by atoms with E-state index >= 15 is 0 Å². The average molecular weight is 391 g/mol. The smallest absolute Gasteiger partial charge is 0.376 e. The summed E-state index contributed by atoms with van der Waals surface area (Å²) in [4.78, 5) is 27.7. The molecule has 2 aromatic carbocycles. The molecule has 0 radical (unpaired) electrons. The molecule has 1 fully saturated rings. The van der Waals surface area contributed by atoms with Crippen LogP contribution in [-0.2, 0) is 14.3 Å². The number of hydrogen-bond donors (Lipinski definition) is 0. The molecule has 0 aliphatic carbocycles. The lowest BCUT2D eigenvalue weighted by molar-refractivity contribution is -0.145. The molecule has 3 aromatic rings. The second kappa shape index (κ2) is 8.75. The van der Waals surface area contributed by atoms with Gasteiger partial charge in [-0.3, -0.25) is 4.79 Å². The minimum atomic E-state index is -1.05. The highest BCUT2D eigenvalue weighted by Gasteiger charge is 2.32. The lowest BCUT2D eigenvalue weighted by Gasteiger charge is -2.30. The molecule has 1 amide bonds. The van der Waals surface area contributed by atoms with Crippen molar-refractivity contribution in [2.75, 3.05) is 26.3 Å². The lowest BCUT2D eigenvalue weighted by atomic mass is 10.1. The van der Waals surface area contributed by atoms with E-state index in [2.05, 4.69) is 0 Å². The number of esters is 1. The van der Waals surface area contributed by atoms with E-state index < -0.39 is 12.1 Å². The van der Waals surface area contributed by atoms with Crippen molar-refractivity contribution in [3.63, 3.8) is 0 Å². The summed E-state index contributed by atoms with van der Waals surface area (Å²) in [5.41, 5.74) is 2.08. The van der Waals surface area contributed by atoms with Gasteiger partial charge < -0.3 is 18.8 Å². The highest BCUT2D eigenvalue weighted by Crippen LogP contribution is 2.28. The standard InChI is InChI=1S/C23H21NO5/c25-22(24-12-15-27-16-13-24)20(18-9-5-2-6-10-18)29-23(26)21-19(11-14-28-21)17-7-3-1-4-8-17/h1-11,14,20H,12-13,15-16H2/t20-/m0/s1. The van der Waals surface area contributed by atoms with Gasteiger partial charge in [0.05, 0.1) is 19.5 Å². The fourth-order valence-corrected chi connectivity index (χ4v) is 3.31. The number of benzene rings is 2. The van der Waals surface area contributed by atoms with Crippen LogP contribution in [0.5, 0.6) is 0 Å².